The molecule has 1 aliphatic rings. The third-order valence-corrected chi connectivity index (χ3v) is 3.55. The van der Waals surface area contributed by atoms with E-state index in [-0.39, 0.29) is 30.1 Å². The zero-order valence-corrected chi connectivity index (χ0v) is 12.5. The second-order valence-electron chi connectivity index (χ2n) is 5.01. The molecule has 0 amide bonds. The van der Waals surface area contributed by atoms with E-state index in [1.54, 1.807) is 0 Å². The first-order valence-corrected chi connectivity index (χ1v) is 6.68. The smallest absolute Gasteiger partial charge is 0.428 e. The molecular weight excluding hydrogens is 326 g/mol. The van der Waals surface area contributed by atoms with Gasteiger partial charge in [-0.05, 0) is 36.5 Å². The first-order valence-electron chi connectivity index (χ1n) is 6.68. The highest BCUT2D eigenvalue weighted by atomic mass is 35.5. The van der Waals surface area contributed by atoms with E-state index in [4.69, 9.17) is 10.5 Å². The Kier molecular flexibility index (Phi) is 6.90. The van der Waals surface area contributed by atoms with Gasteiger partial charge >= 0.3 is 12.5 Å². The highest BCUT2D eigenvalue weighted by molar-refractivity contribution is 5.85. The molecule has 1 heterocycles. The van der Waals surface area contributed by atoms with Crippen molar-refractivity contribution in [1.82, 2.24) is 0 Å². The number of hydrogen-bond acceptors (Lipinski definition) is 3. The molecule has 0 unspecified atom stereocenters. The summed E-state index contributed by atoms with van der Waals surface area (Å²) in [5, 5.41) is 0. The fourth-order valence-electron chi connectivity index (χ4n) is 2.31. The average molecular weight is 344 g/mol. The van der Waals surface area contributed by atoms with Gasteiger partial charge in [-0.15, -0.1) is 12.4 Å². The van der Waals surface area contributed by atoms with Gasteiger partial charge in [-0.1, -0.05) is 12.1 Å². The van der Waals surface area contributed by atoms with Crippen LogP contribution in [0.5, 0.6) is 5.75 Å². The van der Waals surface area contributed by atoms with Crippen molar-refractivity contribution in [2.24, 2.45) is 11.7 Å². The number of benzene rings is 1. The summed E-state index contributed by atoms with van der Waals surface area (Å²) in [6.45, 7) is 1.31. The summed E-state index contributed by atoms with van der Waals surface area (Å²) in [6.07, 6.45) is -6.70. The molecule has 0 aromatic heterocycles. The largest absolute Gasteiger partial charge is 0.461 e. The van der Waals surface area contributed by atoms with Crippen LogP contribution in [0.3, 0.4) is 0 Å². The molecule has 2 N–H and O–H groups in total. The molecule has 0 bridgehead atoms. The molecule has 2 rings (SSSR count). The van der Waals surface area contributed by atoms with E-state index >= 15 is 0 Å². The van der Waals surface area contributed by atoms with Crippen LogP contribution in [-0.4, -0.2) is 25.7 Å². The standard InChI is InChI=1S/C14H17F4NO2.ClH/c15-13(16)14(17,18)21-11-3-1-9(2-4-11)12(19)10-5-7-20-8-6-10;/h1-4,10,12-13H,5-8,19H2;1H/t12-;/m1./s1. The topological polar surface area (TPSA) is 44.5 Å². The van der Waals surface area contributed by atoms with Crippen LogP contribution < -0.4 is 10.5 Å². The monoisotopic (exact) mass is 343 g/mol. The number of hydrogen-bond donors (Lipinski definition) is 1. The molecule has 1 aromatic rings. The Bertz CT molecular complexity index is 453. The SMILES string of the molecule is Cl.N[C@H](c1ccc(OC(F)(F)C(F)F)cc1)C1CCOCC1. The second-order valence-corrected chi connectivity index (χ2v) is 5.01. The minimum Gasteiger partial charge on any atom is -0.428 e. The summed E-state index contributed by atoms with van der Waals surface area (Å²) in [4.78, 5) is 0. The third-order valence-electron chi connectivity index (χ3n) is 3.55. The number of nitrogens with two attached hydrogens (primary N) is 1. The molecule has 1 saturated heterocycles. The van der Waals surface area contributed by atoms with E-state index in [9.17, 15) is 17.6 Å². The third kappa shape index (κ3) is 4.72. The van der Waals surface area contributed by atoms with Crippen molar-refractivity contribution in [2.45, 2.75) is 31.4 Å². The van der Waals surface area contributed by atoms with Gasteiger partial charge in [0.05, 0.1) is 0 Å². The van der Waals surface area contributed by atoms with E-state index in [1.165, 1.54) is 24.3 Å². The van der Waals surface area contributed by atoms with Gasteiger partial charge in [0.2, 0.25) is 0 Å². The maximum Gasteiger partial charge on any atom is 0.461 e. The molecule has 3 nitrogen and oxygen atoms in total. The van der Waals surface area contributed by atoms with Crippen LogP contribution in [0.2, 0.25) is 0 Å². The first-order chi connectivity index (χ1) is 9.90. The second kappa shape index (κ2) is 7.99. The van der Waals surface area contributed by atoms with E-state index in [0.717, 1.165) is 18.4 Å². The van der Waals surface area contributed by atoms with Crippen LogP contribution in [-0.2, 0) is 4.74 Å². The van der Waals surface area contributed by atoms with Gasteiger partial charge in [0.15, 0.2) is 0 Å². The Balaban J connectivity index is 0.00000242. The van der Waals surface area contributed by atoms with Crippen molar-refractivity contribution in [2.75, 3.05) is 13.2 Å². The molecule has 0 spiro atoms. The van der Waals surface area contributed by atoms with Gasteiger partial charge in [0.1, 0.15) is 5.75 Å². The predicted molar refractivity (Wildman–Crippen MR) is 75.7 cm³/mol. The zero-order chi connectivity index (χ0) is 15.5. The van der Waals surface area contributed by atoms with E-state index in [1.807, 2.05) is 0 Å². The normalized spacial score (nSPS) is 17.9. The minimum atomic E-state index is -4.50. The molecule has 0 saturated carbocycles. The van der Waals surface area contributed by atoms with E-state index in [0.29, 0.717) is 13.2 Å². The Morgan fingerprint density at radius 3 is 2.18 bits per heavy atom. The Labute approximate surface area is 132 Å². The van der Waals surface area contributed by atoms with Crippen molar-refractivity contribution in [3.05, 3.63) is 29.8 Å². The fraction of sp³-hybridized carbons (Fsp3) is 0.571. The lowest BCUT2D eigenvalue weighted by molar-refractivity contribution is -0.253. The Hall–Kier alpha value is -1.05. The molecule has 1 atom stereocenters. The minimum absolute atomic E-state index is 0. The number of rotatable bonds is 5. The lowest BCUT2D eigenvalue weighted by Gasteiger charge is -2.28. The molecule has 8 heteroatoms. The number of ether oxygens (including phenoxy) is 2. The van der Waals surface area contributed by atoms with Crippen LogP contribution in [0, 0.1) is 5.92 Å². The molecule has 0 radical (unpaired) electrons. The van der Waals surface area contributed by atoms with Crippen molar-refractivity contribution in [1.29, 1.82) is 0 Å². The van der Waals surface area contributed by atoms with Crippen molar-refractivity contribution >= 4 is 12.4 Å². The molecular formula is C14H18ClF4NO2. The molecule has 1 fully saturated rings. The van der Waals surface area contributed by atoms with Crippen LogP contribution >= 0.6 is 12.4 Å². The maximum atomic E-state index is 12.8. The molecule has 22 heavy (non-hydrogen) atoms. The van der Waals surface area contributed by atoms with Gasteiger partial charge in [-0.2, -0.15) is 17.6 Å². The summed E-state index contributed by atoms with van der Waals surface area (Å²) < 4.78 is 58.9. The summed E-state index contributed by atoms with van der Waals surface area (Å²) in [5.74, 6) is -0.0590. The van der Waals surface area contributed by atoms with Gasteiger partial charge in [0, 0.05) is 19.3 Å². The molecule has 126 valence electrons. The van der Waals surface area contributed by atoms with Crippen molar-refractivity contribution in [3.8, 4) is 5.75 Å². The van der Waals surface area contributed by atoms with Crippen LogP contribution in [0.4, 0.5) is 17.6 Å². The highest BCUT2D eigenvalue weighted by Gasteiger charge is 2.43. The zero-order valence-electron chi connectivity index (χ0n) is 11.7. The predicted octanol–water partition coefficient (Wildman–Crippen LogP) is 3.77. The fourth-order valence-corrected chi connectivity index (χ4v) is 2.31. The van der Waals surface area contributed by atoms with Gasteiger partial charge in [0.25, 0.3) is 0 Å². The number of halogens is 5. The molecule has 1 aromatic carbocycles. The Morgan fingerprint density at radius 1 is 1.14 bits per heavy atom. The van der Waals surface area contributed by atoms with Crippen molar-refractivity contribution in [3.63, 3.8) is 0 Å². The first kappa shape index (κ1) is 19.0. The number of alkyl halides is 4. The van der Waals surface area contributed by atoms with Gasteiger partial charge < -0.3 is 15.2 Å². The van der Waals surface area contributed by atoms with Gasteiger partial charge in [-0.25, -0.2) is 0 Å². The van der Waals surface area contributed by atoms with Crippen LogP contribution in [0.1, 0.15) is 24.4 Å². The average Bonchev–Trinajstić information content (AvgIpc) is 2.48. The lowest BCUT2D eigenvalue weighted by atomic mass is 9.88. The van der Waals surface area contributed by atoms with E-state index < -0.39 is 12.5 Å². The van der Waals surface area contributed by atoms with Gasteiger partial charge in [-0.3, -0.25) is 0 Å². The molecule has 0 aliphatic carbocycles. The van der Waals surface area contributed by atoms with Crippen LogP contribution in [0.25, 0.3) is 0 Å². The summed E-state index contributed by atoms with van der Waals surface area (Å²) in [5.41, 5.74) is 6.89. The maximum absolute atomic E-state index is 12.8. The lowest BCUT2D eigenvalue weighted by Crippen LogP contribution is -2.33. The Morgan fingerprint density at radius 2 is 1.68 bits per heavy atom. The van der Waals surface area contributed by atoms with E-state index in [2.05, 4.69) is 4.74 Å². The molecule has 1 aliphatic heterocycles. The quantitative estimate of drug-likeness (QED) is 0.828. The summed E-state index contributed by atoms with van der Waals surface area (Å²) in [7, 11) is 0. The highest BCUT2D eigenvalue weighted by Crippen LogP contribution is 2.31. The summed E-state index contributed by atoms with van der Waals surface area (Å²) >= 11 is 0. The van der Waals surface area contributed by atoms with Crippen molar-refractivity contribution < 1.29 is 27.0 Å². The summed E-state index contributed by atoms with van der Waals surface area (Å²) in [6, 6.07) is 5.27. The van der Waals surface area contributed by atoms with Crippen LogP contribution in [0.15, 0.2) is 24.3 Å².